The standard InChI is InChI=1S/C5H4N4O2/c6-3-2-4(9-11-3)7-1-8-5(2)10/h1H,6H2,(H,7,8,9,10). The van der Waals surface area contributed by atoms with E-state index in [1.54, 1.807) is 0 Å². The van der Waals surface area contributed by atoms with Crippen LogP contribution in [0.5, 0.6) is 0 Å². The Hall–Kier alpha value is -1.85. The summed E-state index contributed by atoms with van der Waals surface area (Å²) in [5.74, 6) is -0.00523. The zero-order valence-electron chi connectivity index (χ0n) is 5.37. The zero-order valence-corrected chi connectivity index (χ0v) is 5.37. The van der Waals surface area contributed by atoms with E-state index in [4.69, 9.17) is 5.73 Å². The predicted octanol–water partition coefficient (Wildman–Crippen LogP) is -0.507. The van der Waals surface area contributed by atoms with E-state index in [0.717, 1.165) is 0 Å². The third-order valence-electron chi connectivity index (χ3n) is 1.31. The minimum absolute atomic E-state index is 0.00523. The molecule has 2 aromatic rings. The van der Waals surface area contributed by atoms with Crippen LogP contribution in [0.1, 0.15) is 0 Å². The molecule has 0 spiro atoms. The van der Waals surface area contributed by atoms with Gasteiger partial charge < -0.3 is 15.2 Å². The number of hydrogen-bond donors (Lipinski definition) is 2. The van der Waals surface area contributed by atoms with Gasteiger partial charge >= 0.3 is 0 Å². The van der Waals surface area contributed by atoms with E-state index in [1.165, 1.54) is 6.33 Å². The van der Waals surface area contributed by atoms with Crippen LogP contribution in [-0.4, -0.2) is 15.1 Å². The molecule has 0 unspecified atom stereocenters. The second kappa shape index (κ2) is 1.82. The number of aromatic nitrogens is 3. The summed E-state index contributed by atoms with van der Waals surface area (Å²) >= 11 is 0. The minimum atomic E-state index is -0.339. The first-order chi connectivity index (χ1) is 5.29. The molecule has 0 aromatic carbocycles. The molecule has 6 nitrogen and oxygen atoms in total. The molecular formula is C5H4N4O2. The lowest BCUT2D eigenvalue weighted by molar-refractivity contribution is 0.443. The first kappa shape index (κ1) is 5.90. The van der Waals surface area contributed by atoms with Crippen LogP contribution in [0.25, 0.3) is 11.0 Å². The smallest absolute Gasteiger partial charge is 0.265 e. The third-order valence-corrected chi connectivity index (χ3v) is 1.31. The van der Waals surface area contributed by atoms with Gasteiger partial charge in [0.25, 0.3) is 5.56 Å². The van der Waals surface area contributed by atoms with Gasteiger partial charge in [0.2, 0.25) is 11.5 Å². The van der Waals surface area contributed by atoms with E-state index in [2.05, 4.69) is 19.6 Å². The van der Waals surface area contributed by atoms with Gasteiger partial charge in [-0.15, -0.1) is 0 Å². The Bertz CT molecular complexity index is 443. The molecule has 0 aliphatic rings. The monoisotopic (exact) mass is 152 g/mol. The molecule has 0 atom stereocenters. The average molecular weight is 152 g/mol. The van der Waals surface area contributed by atoms with Crippen molar-refractivity contribution < 1.29 is 4.52 Å². The Labute approximate surface area is 60.0 Å². The van der Waals surface area contributed by atoms with Gasteiger partial charge in [0, 0.05) is 0 Å². The van der Waals surface area contributed by atoms with Crippen molar-refractivity contribution in [2.24, 2.45) is 0 Å². The molecule has 11 heavy (non-hydrogen) atoms. The molecule has 0 saturated carbocycles. The Kier molecular flexibility index (Phi) is 0.974. The maximum absolute atomic E-state index is 11.0. The van der Waals surface area contributed by atoms with Crippen LogP contribution in [-0.2, 0) is 0 Å². The van der Waals surface area contributed by atoms with Crippen molar-refractivity contribution in [3.63, 3.8) is 0 Å². The summed E-state index contributed by atoms with van der Waals surface area (Å²) in [4.78, 5) is 17.1. The SMILES string of the molecule is Nc1onc2nc[nH]c(=O)c12. The molecule has 2 heterocycles. The third kappa shape index (κ3) is 0.689. The summed E-state index contributed by atoms with van der Waals surface area (Å²) in [6.45, 7) is 0. The fraction of sp³-hybridized carbons (Fsp3) is 0. The lowest BCUT2D eigenvalue weighted by atomic mass is 10.4. The normalized spacial score (nSPS) is 10.5. The van der Waals surface area contributed by atoms with E-state index in [9.17, 15) is 4.79 Å². The molecular weight excluding hydrogens is 148 g/mol. The van der Waals surface area contributed by atoms with Gasteiger partial charge in [-0.25, -0.2) is 4.98 Å². The van der Waals surface area contributed by atoms with Gasteiger partial charge in [0.05, 0.1) is 6.33 Å². The number of rotatable bonds is 0. The molecule has 0 bridgehead atoms. The number of anilines is 1. The number of nitrogens with one attached hydrogen (secondary N) is 1. The topological polar surface area (TPSA) is 97.8 Å². The fourth-order valence-electron chi connectivity index (χ4n) is 0.820. The number of nitrogens with zero attached hydrogens (tertiary/aromatic N) is 2. The van der Waals surface area contributed by atoms with Crippen LogP contribution in [0.3, 0.4) is 0 Å². The number of aromatic amines is 1. The van der Waals surface area contributed by atoms with Gasteiger partial charge in [0.15, 0.2) is 5.39 Å². The van der Waals surface area contributed by atoms with Gasteiger partial charge in [0.1, 0.15) is 0 Å². The second-order valence-electron chi connectivity index (χ2n) is 1.98. The lowest BCUT2D eigenvalue weighted by Gasteiger charge is -1.82. The van der Waals surface area contributed by atoms with Gasteiger partial charge in [-0.2, -0.15) is 0 Å². The van der Waals surface area contributed by atoms with Crippen molar-refractivity contribution >= 4 is 16.9 Å². The largest absolute Gasteiger partial charge is 0.367 e. The van der Waals surface area contributed by atoms with Crippen molar-refractivity contribution in [1.82, 2.24) is 15.1 Å². The molecule has 0 fully saturated rings. The lowest BCUT2D eigenvalue weighted by Crippen LogP contribution is -2.06. The quantitative estimate of drug-likeness (QED) is 0.530. The van der Waals surface area contributed by atoms with Gasteiger partial charge in [-0.3, -0.25) is 4.79 Å². The molecule has 0 saturated heterocycles. The summed E-state index contributed by atoms with van der Waals surface area (Å²) in [6.07, 6.45) is 1.24. The number of hydrogen-bond acceptors (Lipinski definition) is 5. The summed E-state index contributed by atoms with van der Waals surface area (Å²) in [5.41, 5.74) is 5.18. The van der Waals surface area contributed by atoms with Crippen LogP contribution in [0.4, 0.5) is 5.88 Å². The van der Waals surface area contributed by atoms with Crippen molar-refractivity contribution in [2.45, 2.75) is 0 Å². The van der Waals surface area contributed by atoms with Crippen molar-refractivity contribution in [1.29, 1.82) is 0 Å². The molecule has 3 N–H and O–H groups in total. The average Bonchev–Trinajstić information content (AvgIpc) is 2.34. The van der Waals surface area contributed by atoms with E-state index in [1.807, 2.05) is 0 Å². The number of H-pyrrole nitrogens is 1. The summed E-state index contributed by atoms with van der Waals surface area (Å²) in [5, 5.41) is 3.65. The molecule has 2 rings (SSSR count). The molecule has 6 heteroatoms. The maximum atomic E-state index is 11.0. The number of fused-ring (bicyclic) bond motifs is 1. The first-order valence-corrected chi connectivity index (χ1v) is 2.87. The van der Waals surface area contributed by atoms with Crippen molar-refractivity contribution in [2.75, 3.05) is 5.73 Å². The first-order valence-electron chi connectivity index (χ1n) is 2.87. The maximum Gasteiger partial charge on any atom is 0.265 e. The van der Waals surface area contributed by atoms with Crippen molar-refractivity contribution in [3.8, 4) is 0 Å². The van der Waals surface area contributed by atoms with Crippen LogP contribution in [0.2, 0.25) is 0 Å². The molecule has 0 radical (unpaired) electrons. The molecule has 0 amide bonds. The summed E-state index contributed by atoms with van der Waals surface area (Å²) in [7, 11) is 0. The van der Waals surface area contributed by atoms with Gasteiger partial charge in [-0.1, -0.05) is 5.16 Å². The summed E-state index contributed by atoms with van der Waals surface area (Å²) in [6, 6.07) is 0. The Morgan fingerprint density at radius 3 is 3.18 bits per heavy atom. The Morgan fingerprint density at radius 1 is 1.64 bits per heavy atom. The van der Waals surface area contributed by atoms with Crippen LogP contribution in [0, 0.1) is 0 Å². The highest BCUT2D eigenvalue weighted by Gasteiger charge is 2.08. The highest BCUT2D eigenvalue weighted by molar-refractivity contribution is 5.82. The Balaban J connectivity index is 3.08. The second-order valence-corrected chi connectivity index (χ2v) is 1.98. The Morgan fingerprint density at radius 2 is 2.45 bits per heavy atom. The highest BCUT2D eigenvalue weighted by atomic mass is 16.5. The van der Waals surface area contributed by atoms with Crippen LogP contribution < -0.4 is 11.3 Å². The summed E-state index contributed by atoms with van der Waals surface area (Å²) < 4.78 is 4.54. The molecule has 0 aliphatic heterocycles. The minimum Gasteiger partial charge on any atom is -0.367 e. The van der Waals surface area contributed by atoms with E-state index in [-0.39, 0.29) is 22.5 Å². The molecule has 0 aliphatic carbocycles. The van der Waals surface area contributed by atoms with Crippen molar-refractivity contribution in [3.05, 3.63) is 16.7 Å². The number of nitrogens with two attached hydrogens (primary N) is 1. The predicted molar refractivity (Wildman–Crippen MR) is 36.8 cm³/mol. The van der Waals surface area contributed by atoms with E-state index < -0.39 is 0 Å². The van der Waals surface area contributed by atoms with Gasteiger partial charge in [-0.05, 0) is 0 Å². The molecule has 2 aromatic heterocycles. The highest BCUT2D eigenvalue weighted by Crippen LogP contribution is 2.11. The molecule has 56 valence electrons. The fourth-order valence-corrected chi connectivity index (χ4v) is 0.820. The van der Waals surface area contributed by atoms with E-state index in [0.29, 0.717) is 0 Å². The number of nitrogen functional groups attached to an aromatic ring is 1. The van der Waals surface area contributed by atoms with E-state index >= 15 is 0 Å². The zero-order chi connectivity index (χ0) is 7.84. The van der Waals surface area contributed by atoms with Crippen LogP contribution in [0.15, 0.2) is 15.6 Å². The van der Waals surface area contributed by atoms with Crippen LogP contribution >= 0.6 is 0 Å².